The van der Waals surface area contributed by atoms with Crippen molar-refractivity contribution >= 4 is 0 Å². The monoisotopic (exact) mass is 247 g/mol. The van der Waals surface area contributed by atoms with Gasteiger partial charge in [0.1, 0.15) is 0 Å². The fourth-order valence-electron chi connectivity index (χ4n) is 2.36. The molecule has 0 aliphatic heterocycles. The number of nitrogens with one attached hydrogen (secondary N) is 1. The lowest BCUT2D eigenvalue weighted by Gasteiger charge is -2.16. The van der Waals surface area contributed by atoms with E-state index in [-0.39, 0.29) is 0 Å². The van der Waals surface area contributed by atoms with Crippen LogP contribution in [0.5, 0.6) is 0 Å². The minimum absolute atomic E-state index is 0.634. The zero-order valence-electron chi connectivity index (χ0n) is 12.3. The molecule has 1 nitrogen and oxygen atoms in total. The molecule has 1 aromatic rings. The third-order valence-electron chi connectivity index (χ3n) is 3.73. The second-order valence-electron chi connectivity index (χ2n) is 5.21. The molecule has 0 fully saturated rings. The number of hydrogen-bond donors (Lipinski definition) is 1. The number of aryl methyl sites for hydroxylation is 1. The first kappa shape index (κ1) is 15.2. The van der Waals surface area contributed by atoms with Crippen LogP contribution in [0.1, 0.15) is 57.1 Å². The Morgan fingerprint density at radius 1 is 0.944 bits per heavy atom. The third kappa shape index (κ3) is 5.68. The Morgan fingerprint density at radius 2 is 1.61 bits per heavy atom. The Balaban J connectivity index is 2.36. The van der Waals surface area contributed by atoms with Crippen molar-refractivity contribution in [3.63, 3.8) is 0 Å². The molecule has 0 amide bonds. The molecule has 0 radical (unpaired) electrons. The van der Waals surface area contributed by atoms with Crippen LogP contribution in [-0.2, 0) is 12.8 Å². The molecule has 0 saturated heterocycles. The van der Waals surface area contributed by atoms with Crippen LogP contribution in [-0.4, -0.2) is 13.1 Å². The molecule has 0 bridgehead atoms. The molecule has 0 aromatic heterocycles. The average Bonchev–Trinajstić information content (AvgIpc) is 2.43. The molecule has 0 aliphatic rings. The third-order valence-corrected chi connectivity index (χ3v) is 3.73. The SMILES string of the molecule is CCCCCCC(Cc1ccc(CC)cc1)NC. The minimum atomic E-state index is 0.634. The Hall–Kier alpha value is -0.820. The Kier molecular flexibility index (Phi) is 7.75. The first-order chi connectivity index (χ1) is 8.80. The van der Waals surface area contributed by atoms with E-state index in [0.29, 0.717) is 6.04 Å². The highest BCUT2D eigenvalue weighted by Crippen LogP contribution is 2.12. The molecule has 1 rings (SSSR count). The van der Waals surface area contributed by atoms with Gasteiger partial charge in [-0.05, 0) is 37.4 Å². The van der Waals surface area contributed by atoms with E-state index in [2.05, 4.69) is 50.5 Å². The van der Waals surface area contributed by atoms with E-state index in [1.54, 1.807) is 0 Å². The van der Waals surface area contributed by atoms with E-state index in [0.717, 1.165) is 12.8 Å². The van der Waals surface area contributed by atoms with Gasteiger partial charge in [-0.3, -0.25) is 0 Å². The molecule has 102 valence electrons. The van der Waals surface area contributed by atoms with Crippen LogP contribution < -0.4 is 5.32 Å². The Bertz CT molecular complexity index is 302. The molecule has 0 saturated carbocycles. The summed E-state index contributed by atoms with van der Waals surface area (Å²) in [6, 6.07) is 9.73. The molecular formula is C17H29N. The summed E-state index contributed by atoms with van der Waals surface area (Å²) in [5.41, 5.74) is 2.89. The maximum absolute atomic E-state index is 3.46. The summed E-state index contributed by atoms with van der Waals surface area (Å²) in [4.78, 5) is 0. The zero-order chi connectivity index (χ0) is 13.2. The Morgan fingerprint density at radius 3 is 2.17 bits per heavy atom. The smallest absolute Gasteiger partial charge is 0.0104 e. The van der Waals surface area contributed by atoms with Gasteiger partial charge >= 0.3 is 0 Å². The van der Waals surface area contributed by atoms with E-state index in [1.165, 1.54) is 43.2 Å². The number of hydrogen-bond acceptors (Lipinski definition) is 1. The lowest BCUT2D eigenvalue weighted by atomic mass is 9.99. The topological polar surface area (TPSA) is 12.0 Å². The minimum Gasteiger partial charge on any atom is -0.317 e. The highest BCUT2D eigenvalue weighted by molar-refractivity contribution is 5.23. The van der Waals surface area contributed by atoms with Crippen molar-refractivity contribution in [2.75, 3.05) is 7.05 Å². The number of benzene rings is 1. The van der Waals surface area contributed by atoms with Crippen LogP contribution in [0.15, 0.2) is 24.3 Å². The summed E-state index contributed by atoms with van der Waals surface area (Å²) in [6.45, 7) is 4.48. The fraction of sp³-hybridized carbons (Fsp3) is 0.647. The van der Waals surface area contributed by atoms with Crippen LogP contribution in [0.4, 0.5) is 0 Å². The average molecular weight is 247 g/mol. The first-order valence-corrected chi connectivity index (χ1v) is 7.55. The summed E-state index contributed by atoms with van der Waals surface area (Å²) in [5.74, 6) is 0. The summed E-state index contributed by atoms with van der Waals surface area (Å²) < 4.78 is 0. The molecule has 1 atom stereocenters. The van der Waals surface area contributed by atoms with Gasteiger partial charge in [0, 0.05) is 6.04 Å². The highest BCUT2D eigenvalue weighted by atomic mass is 14.9. The fourth-order valence-corrected chi connectivity index (χ4v) is 2.36. The van der Waals surface area contributed by atoms with Gasteiger partial charge < -0.3 is 5.32 Å². The lowest BCUT2D eigenvalue weighted by molar-refractivity contribution is 0.485. The number of unbranched alkanes of at least 4 members (excludes halogenated alkanes) is 3. The van der Waals surface area contributed by atoms with Gasteiger partial charge in [0.05, 0.1) is 0 Å². The predicted molar refractivity (Wildman–Crippen MR) is 81.1 cm³/mol. The summed E-state index contributed by atoms with van der Waals surface area (Å²) in [7, 11) is 2.09. The van der Waals surface area contributed by atoms with E-state index >= 15 is 0 Å². The van der Waals surface area contributed by atoms with Gasteiger partial charge in [0.25, 0.3) is 0 Å². The zero-order valence-corrected chi connectivity index (χ0v) is 12.3. The van der Waals surface area contributed by atoms with Gasteiger partial charge in [-0.1, -0.05) is 63.8 Å². The predicted octanol–water partition coefficient (Wildman–Crippen LogP) is 4.35. The van der Waals surface area contributed by atoms with Crippen molar-refractivity contribution in [3.8, 4) is 0 Å². The van der Waals surface area contributed by atoms with E-state index < -0.39 is 0 Å². The van der Waals surface area contributed by atoms with Crippen molar-refractivity contribution in [2.45, 2.75) is 64.8 Å². The van der Waals surface area contributed by atoms with Crippen LogP contribution in [0, 0.1) is 0 Å². The standard InChI is InChI=1S/C17H29N/c1-4-6-7-8-9-17(18-3)14-16-12-10-15(5-2)11-13-16/h10-13,17-18H,4-9,14H2,1-3H3. The van der Waals surface area contributed by atoms with E-state index in [4.69, 9.17) is 0 Å². The lowest BCUT2D eigenvalue weighted by Crippen LogP contribution is -2.27. The van der Waals surface area contributed by atoms with Crippen LogP contribution in [0.2, 0.25) is 0 Å². The Labute approximate surface area is 113 Å². The molecule has 18 heavy (non-hydrogen) atoms. The van der Waals surface area contributed by atoms with Gasteiger partial charge in [0.15, 0.2) is 0 Å². The maximum atomic E-state index is 3.46. The second kappa shape index (κ2) is 9.16. The van der Waals surface area contributed by atoms with Crippen molar-refractivity contribution in [3.05, 3.63) is 35.4 Å². The molecule has 0 aliphatic carbocycles. The summed E-state index contributed by atoms with van der Waals surface area (Å²) >= 11 is 0. The van der Waals surface area contributed by atoms with Crippen molar-refractivity contribution in [2.24, 2.45) is 0 Å². The maximum Gasteiger partial charge on any atom is 0.0104 e. The molecular weight excluding hydrogens is 218 g/mol. The highest BCUT2D eigenvalue weighted by Gasteiger charge is 2.06. The molecule has 1 aromatic carbocycles. The second-order valence-corrected chi connectivity index (χ2v) is 5.21. The molecule has 0 spiro atoms. The summed E-state index contributed by atoms with van der Waals surface area (Å²) in [5, 5.41) is 3.46. The van der Waals surface area contributed by atoms with E-state index in [1.807, 2.05) is 0 Å². The number of rotatable bonds is 9. The van der Waals surface area contributed by atoms with Crippen molar-refractivity contribution in [1.29, 1.82) is 0 Å². The summed E-state index contributed by atoms with van der Waals surface area (Å²) in [6.07, 6.45) is 9.02. The van der Waals surface area contributed by atoms with Gasteiger partial charge in [-0.15, -0.1) is 0 Å². The van der Waals surface area contributed by atoms with Crippen LogP contribution >= 0.6 is 0 Å². The molecule has 1 heteroatoms. The van der Waals surface area contributed by atoms with Crippen LogP contribution in [0.25, 0.3) is 0 Å². The van der Waals surface area contributed by atoms with Gasteiger partial charge in [-0.25, -0.2) is 0 Å². The van der Waals surface area contributed by atoms with Crippen molar-refractivity contribution in [1.82, 2.24) is 5.32 Å². The van der Waals surface area contributed by atoms with E-state index in [9.17, 15) is 0 Å². The largest absolute Gasteiger partial charge is 0.317 e. The molecule has 0 heterocycles. The molecule has 1 unspecified atom stereocenters. The molecule has 1 N–H and O–H groups in total. The quantitative estimate of drug-likeness (QED) is 0.640. The van der Waals surface area contributed by atoms with Gasteiger partial charge in [-0.2, -0.15) is 0 Å². The number of likely N-dealkylation sites (N-methyl/N-ethyl adjacent to an activating group) is 1. The van der Waals surface area contributed by atoms with Crippen molar-refractivity contribution < 1.29 is 0 Å². The first-order valence-electron chi connectivity index (χ1n) is 7.55. The van der Waals surface area contributed by atoms with Gasteiger partial charge in [0.2, 0.25) is 0 Å². The normalized spacial score (nSPS) is 12.6. The van der Waals surface area contributed by atoms with Crippen LogP contribution in [0.3, 0.4) is 0 Å².